The van der Waals surface area contributed by atoms with Crippen LogP contribution >= 0.6 is 0 Å². The molecular weight excluding hydrogens is 364 g/mol. The summed E-state index contributed by atoms with van der Waals surface area (Å²) in [6, 6.07) is 21.2. The highest BCUT2D eigenvalue weighted by molar-refractivity contribution is 5.90. The molecule has 4 nitrogen and oxygen atoms in total. The zero-order valence-electron chi connectivity index (χ0n) is 16.1. The molecule has 2 fully saturated rings. The van der Waals surface area contributed by atoms with Crippen molar-refractivity contribution in [1.29, 1.82) is 0 Å². The molecule has 0 saturated carbocycles. The molecule has 6 rings (SSSR count). The van der Waals surface area contributed by atoms with Gasteiger partial charge in [-0.25, -0.2) is 0 Å². The van der Waals surface area contributed by atoms with Gasteiger partial charge in [-0.1, -0.05) is 54.6 Å². The molecule has 29 heavy (non-hydrogen) atoms. The van der Waals surface area contributed by atoms with Crippen molar-refractivity contribution in [3.05, 3.63) is 71.8 Å². The Kier molecular flexibility index (Phi) is 4.06. The third kappa shape index (κ3) is 3.28. The quantitative estimate of drug-likeness (QED) is 0.439. The van der Waals surface area contributed by atoms with Gasteiger partial charge in [-0.15, -0.1) is 0 Å². The van der Waals surface area contributed by atoms with E-state index in [9.17, 15) is 0 Å². The third-order valence-electron chi connectivity index (χ3n) is 5.73. The van der Waals surface area contributed by atoms with E-state index in [-0.39, 0.29) is 12.2 Å². The summed E-state index contributed by atoms with van der Waals surface area (Å²) < 4.78 is 23.3. The van der Waals surface area contributed by atoms with Crippen LogP contribution in [0.4, 0.5) is 0 Å². The highest BCUT2D eigenvalue weighted by Crippen LogP contribution is 2.50. The Bertz CT molecular complexity index is 1050. The average Bonchev–Trinajstić information content (AvgIpc) is 3.69. The van der Waals surface area contributed by atoms with Gasteiger partial charge in [0.25, 0.3) is 0 Å². The van der Waals surface area contributed by atoms with E-state index < -0.39 is 0 Å². The van der Waals surface area contributed by atoms with Crippen molar-refractivity contribution in [3.63, 3.8) is 0 Å². The van der Waals surface area contributed by atoms with Crippen molar-refractivity contribution < 1.29 is 18.9 Å². The summed E-state index contributed by atoms with van der Waals surface area (Å²) in [7, 11) is 0. The highest BCUT2D eigenvalue weighted by Gasteiger charge is 2.31. The van der Waals surface area contributed by atoms with Gasteiger partial charge in [-0.3, -0.25) is 0 Å². The molecule has 0 aromatic heterocycles. The number of epoxide rings is 2. The van der Waals surface area contributed by atoms with Crippen molar-refractivity contribution in [2.45, 2.75) is 18.6 Å². The molecule has 0 radical (unpaired) electrons. The summed E-state index contributed by atoms with van der Waals surface area (Å²) in [5, 5.41) is 0. The van der Waals surface area contributed by atoms with Crippen LogP contribution in [0, 0.1) is 0 Å². The van der Waals surface area contributed by atoms with Crippen molar-refractivity contribution in [1.82, 2.24) is 0 Å². The molecule has 1 aliphatic carbocycles. The second-order valence-electron chi connectivity index (χ2n) is 7.84. The Morgan fingerprint density at radius 1 is 0.793 bits per heavy atom. The molecule has 4 heteroatoms. The largest absolute Gasteiger partial charge is 0.487 e. The molecule has 0 spiro atoms. The lowest BCUT2D eigenvalue weighted by atomic mass is 9.94. The molecule has 0 amide bonds. The van der Waals surface area contributed by atoms with Crippen LogP contribution in [0.15, 0.2) is 60.7 Å². The zero-order valence-corrected chi connectivity index (χ0v) is 16.1. The first-order valence-corrected chi connectivity index (χ1v) is 10.2. The lowest BCUT2D eigenvalue weighted by Crippen LogP contribution is -2.10. The van der Waals surface area contributed by atoms with E-state index in [0.29, 0.717) is 13.2 Å². The first-order valence-electron chi connectivity index (χ1n) is 10.2. The van der Waals surface area contributed by atoms with Crippen molar-refractivity contribution in [3.8, 4) is 33.8 Å². The van der Waals surface area contributed by atoms with Gasteiger partial charge in [0, 0.05) is 5.56 Å². The van der Waals surface area contributed by atoms with Gasteiger partial charge in [0.05, 0.1) is 13.2 Å². The van der Waals surface area contributed by atoms with Crippen LogP contribution in [0.1, 0.15) is 11.1 Å². The third-order valence-corrected chi connectivity index (χ3v) is 5.73. The molecule has 0 bridgehead atoms. The van der Waals surface area contributed by atoms with Crippen LogP contribution in [-0.4, -0.2) is 38.6 Å². The fourth-order valence-corrected chi connectivity index (χ4v) is 4.08. The summed E-state index contributed by atoms with van der Waals surface area (Å²) in [4.78, 5) is 0. The topological polar surface area (TPSA) is 43.5 Å². The second-order valence-corrected chi connectivity index (χ2v) is 7.84. The molecule has 2 saturated heterocycles. The summed E-state index contributed by atoms with van der Waals surface area (Å²) >= 11 is 0. The van der Waals surface area contributed by atoms with Crippen molar-refractivity contribution in [2.24, 2.45) is 0 Å². The van der Waals surface area contributed by atoms with Crippen LogP contribution in [0.5, 0.6) is 11.5 Å². The lowest BCUT2D eigenvalue weighted by molar-refractivity contribution is 0.229. The molecule has 2 heterocycles. The molecular formula is C25H22O4. The van der Waals surface area contributed by atoms with Gasteiger partial charge >= 0.3 is 0 Å². The molecule has 3 aliphatic rings. The van der Waals surface area contributed by atoms with Crippen LogP contribution in [0.2, 0.25) is 0 Å². The summed E-state index contributed by atoms with van der Waals surface area (Å²) in [6.45, 7) is 2.63. The fourth-order valence-electron chi connectivity index (χ4n) is 4.08. The number of hydrogen-bond donors (Lipinski definition) is 0. The maximum absolute atomic E-state index is 6.33. The van der Waals surface area contributed by atoms with E-state index in [1.165, 1.54) is 22.3 Å². The highest BCUT2D eigenvalue weighted by atomic mass is 16.6. The van der Waals surface area contributed by atoms with Crippen LogP contribution < -0.4 is 9.47 Å². The van der Waals surface area contributed by atoms with Gasteiger partial charge in [-0.2, -0.15) is 0 Å². The first kappa shape index (κ1) is 17.1. The molecule has 0 N–H and O–H groups in total. The Hall–Kier alpha value is -2.82. The fraction of sp³-hybridized carbons (Fsp3) is 0.280. The van der Waals surface area contributed by atoms with E-state index in [0.717, 1.165) is 42.3 Å². The van der Waals surface area contributed by atoms with E-state index in [1.54, 1.807) is 0 Å². The number of hydrogen-bond acceptors (Lipinski definition) is 4. The van der Waals surface area contributed by atoms with Gasteiger partial charge in [0.1, 0.15) is 25.4 Å². The van der Waals surface area contributed by atoms with Crippen molar-refractivity contribution in [2.75, 3.05) is 26.4 Å². The molecule has 2 unspecified atom stereocenters. The standard InChI is InChI=1S/C25H22O4/c1-2-6-16(7-3-1)24-22-10-17-8-4-5-9-20(17)21(22)11-23(28-14-18-12-26-18)25(24)29-15-19-13-27-19/h1-9,11,18-19H,10,12-15H2. The Balaban J connectivity index is 1.52. The maximum Gasteiger partial charge on any atom is 0.169 e. The number of benzene rings is 3. The second kappa shape index (κ2) is 6.90. The number of ether oxygens (including phenoxy) is 4. The van der Waals surface area contributed by atoms with Gasteiger partial charge in [0.15, 0.2) is 11.5 Å². The number of fused-ring (bicyclic) bond motifs is 3. The minimum atomic E-state index is 0.184. The molecule has 2 aliphatic heterocycles. The minimum Gasteiger partial charge on any atom is -0.487 e. The predicted molar refractivity (Wildman–Crippen MR) is 111 cm³/mol. The first-order chi connectivity index (χ1) is 14.4. The van der Waals surface area contributed by atoms with E-state index in [2.05, 4.69) is 54.6 Å². The van der Waals surface area contributed by atoms with Crippen molar-refractivity contribution >= 4 is 0 Å². The molecule has 2 atom stereocenters. The van der Waals surface area contributed by atoms with Crippen LogP contribution in [0.3, 0.4) is 0 Å². The summed E-state index contributed by atoms with van der Waals surface area (Å²) in [6.07, 6.45) is 1.27. The van der Waals surface area contributed by atoms with Gasteiger partial charge in [0.2, 0.25) is 0 Å². The summed E-state index contributed by atoms with van der Waals surface area (Å²) in [5.74, 6) is 1.61. The lowest BCUT2D eigenvalue weighted by Gasteiger charge is -2.20. The minimum absolute atomic E-state index is 0.184. The molecule has 3 aromatic rings. The van der Waals surface area contributed by atoms with Crippen LogP contribution in [0.25, 0.3) is 22.3 Å². The maximum atomic E-state index is 6.33. The molecule has 3 aromatic carbocycles. The normalized spacial score (nSPS) is 20.7. The predicted octanol–water partition coefficient (Wildman–Crippen LogP) is 4.48. The van der Waals surface area contributed by atoms with E-state index >= 15 is 0 Å². The SMILES string of the molecule is c1ccc(-c2c3c(cc(OCC4CO4)c2OCC2CO2)-c2ccccc2C3)cc1. The van der Waals surface area contributed by atoms with Gasteiger partial charge in [-0.05, 0) is 40.3 Å². The van der Waals surface area contributed by atoms with E-state index in [1.807, 2.05) is 6.07 Å². The van der Waals surface area contributed by atoms with Crippen LogP contribution in [-0.2, 0) is 15.9 Å². The summed E-state index contributed by atoms with van der Waals surface area (Å²) in [5.41, 5.74) is 7.45. The Morgan fingerprint density at radius 3 is 2.24 bits per heavy atom. The molecule has 146 valence electrons. The van der Waals surface area contributed by atoms with Gasteiger partial charge < -0.3 is 18.9 Å². The Morgan fingerprint density at radius 2 is 1.48 bits per heavy atom. The average molecular weight is 386 g/mol. The zero-order chi connectivity index (χ0) is 19.2. The monoisotopic (exact) mass is 386 g/mol. The number of rotatable bonds is 7. The Labute approximate surface area is 170 Å². The smallest absolute Gasteiger partial charge is 0.169 e. The van der Waals surface area contributed by atoms with E-state index in [4.69, 9.17) is 18.9 Å².